The molecule has 4 N–H and O–H groups in total. The first-order valence-corrected chi connectivity index (χ1v) is 19.5. The number of piperidine rings is 1. The van der Waals surface area contributed by atoms with E-state index in [0.29, 0.717) is 11.8 Å². The summed E-state index contributed by atoms with van der Waals surface area (Å²) in [5.41, 5.74) is 8.89. The molecule has 18 heteroatoms. The minimum atomic E-state index is 0.443. The Labute approximate surface area is 319 Å². The fraction of sp³-hybridized carbons (Fsp3) is 0.333. The molecule has 10 rings (SSSR count). The molecule has 1 unspecified atom stereocenters. The molecule has 2 saturated heterocycles. The smallest absolute Gasteiger partial charge is 0.180 e. The Hall–Kier alpha value is -5.56. The second kappa shape index (κ2) is 14.7. The first-order valence-electron chi connectivity index (χ1n) is 18.0. The van der Waals surface area contributed by atoms with Crippen molar-refractivity contribution in [3.8, 4) is 22.5 Å². The molecule has 2 aliphatic rings. The molecule has 0 radical (unpaired) electrons. The first kappa shape index (κ1) is 34.2. The van der Waals surface area contributed by atoms with Crippen molar-refractivity contribution in [2.75, 3.05) is 36.8 Å². The van der Waals surface area contributed by atoms with Crippen molar-refractivity contribution in [3.05, 3.63) is 85.0 Å². The maximum Gasteiger partial charge on any atom is 0.180 e. The van der Waals surface area contributed by atoms with Crippen molar-refractivity contribution in [1.29, 1.82) is 0 Å². The minimum absolute atomic E-state index is 0.443. The van der Waals surface area contributed by atoms with Gasteiger partial charge in [0.25, 0.3) is 0 Å². The van der Waals surface area contributed by atoms with Crippen LogP contribution < -0.4 is 21.3 Å². The van der Waals surface area contributed by atoms with E-state index in [1.807, 2.05) is 79.5 Å². The van der Waals surface area contributed by atoms with E-state index in [2.05, 4.69) is 71.8 Å². The van der Waals surface area contributed by atoms with Crippen LogP contribution in [-0.2, 0) is 14.1 Å². The zero-order chi connectivity index (χ0) is 36.6. The number of aromatic nitrogens is 12. The van der Waals surface area contributed by atoms with Gasteiger partial charge in [-0.1, -0.05) is 0 Å². The predicted octanol–water partition coefficient (Wildman–Crippen LogP) is 5.51. The summed E-state index contributed by atoms with van der Waals surface area (Å²) in [6, 6.07) is 4.16. The molecular weight excluding hydrogens is 721 g/mol. The Balaban J connectivity index is 0.000000143. The Morgan fingerprint density at radius 3 is 2.00 bits per heavy atom. The van der Waals surface area contributed by atoms with Crippen LogP contribution in [0.15, 0.2) is 67.9 Å². The van der Waals surface area contributed by atoms with E-state index in [9.17, 15) is 0 Å². The highest BCUT2D eigenvalue weighted by Gasteiger charge is 2.22. The Morgan fingerprint density at radius 1 is 0.685 bits per heavy atom. The lowest BCUT2D eigenvalue weighted by Crippen LogP contribution is -2.27. The zero-order valence-electron chi connectivity index (χ0n) is 30.1. The van der Waals surface area contributed by atoms with E-state index >= 15 is 0 Å². The number of hydrogen-bond acceptors (Lipinski definition) is 14. The van der Waals surface area contributed by atoms with Gasteiger partial charge in [0.2, 0.25) is 0 Å². The summed E-state index contributed by atoms with van der Waals surface area (Å²) in [5, 5.41) is 24.2. The lowest BCUT2D eigenvalue weighted by molar-refractivity contribution is 0.452. The molecule has 0 aliphatic carbocycles. The van der Waals surface area contributed by atoms with Gasteiger partial charge in [-0.15, -0.1) is 0 Å². The normalized spacial score (nSPS) is 16.2. The maximum atomic E-state index is 4.98. The molecule has 54 heavy (non-hydrogen) atoms. The maximum absolute atomic E-state index is 4.98. The second-order valence-corrected chi connectivity index (χ2v) is 15.3. The summed E-state index contributed by atoms with van der Waals surface area (Å²) in [5.74, 6) is 2.45. The van der Waals surface area contributed by atoms with Crippen LogP contribution in [0, 0.1) is 6.92 Å². The molecule has 8 aromatic heterocycles. The van der Waals surface area contributed by atoms with E-state index in [4.69, 9.17) is 4.98 Å². The van der Waals surface area contributed by atoms with Crippen molar-refractivity contribution in [1.82, 2.24) is 67.7 Å². The lowest BCUT2D eigenvalue weighted by Gasteiger charge is -2.23. The number of rotatable bonds is 8. The van der Waals surface area contributed by atoms with Gasteiger partial charge in [-0.05, 0) is 81.0 Å². The average molecular weight is 761 g/mol. The number of aryl methyl sites for hydroxylation is 3. The van der Waals surface area contributed by atoms with Crippen LogP contribution in [-0.4, -0.2) is 83.2 Å². The zero-order valence-corrected chi connectivity index (χ0v) is 31.8. The number of nitrogens with zero attached hydrogens (tertiary/aromatic N) is 12. The van der Waals surface area contributed by atoms with Gasteiger partial charge in [0, 0.05) is 74.6 Å². The largest absolute Gasteiger partial charge is 0.328 e. The fourth-order valence-electron chi connectivity index (χ4n) is 7.05. The summed E-state index contributed by atoms with van der Waals surface area (Å²) < 4.78 is 16.7. The van der Waals surface area contributed by atoms with Crippen molar-refractivity contribution < 1.29 is 0 Å². The van der Waals surface area contributed by atoms with Gasteiger partial charge >= 0.3 is 0 Å². The average Bonchev–Trinajstić information content (AvgIpc) is 4.03. The topological polar surface area (TPSA) is 170 Å². The number of nitrogens with one attached hydrogen (secondary N) is 4. The second-order valence-electron chi connectivity index (χ2n) is 13.7. The highest BCUT2D eigenvalue weighted by molar-refractivity contribution is 7.10. The van der Waals surface area contributed by atoms with E-state index < -0.39 is 0 Å². The van der Waals surface area contributed by atoms with E-state index in [0.717, 1.165) is 118 Å². The van der Waals surface area contributed by atoms with Crippen LogP contribution in [0.3, 0.4) is 0 Å². The summed E-state index contributed by atoms with van der Waals surface area (Å²) in [7, 11) is 3.83. The van der Waals surface area contributed by atoms with Crippen LogP contribution in [0.4, 0.5) is 21.6 Å². The Kier molecular flexibility index (Phi) is 9.31. The van der Waals surface area contributed by atoms with Crippen LogP contribution >= 0.6 is 23.1 Å². The van der Waals surface area contributed by atoms with Crippen molar-refractivity contribution >= 4 is 56.0 Å². The van der Waals surface area contributed by atoms with Crippen LogP contribution in [0.1, 0.15) is 48.2 Å². The van der Waals surface area contributed by atoms with Gasteiger partial charge < -0.3 is 21.3 Å². The minimum Gasteiger partial charge on any atom is -0.328 e. The first-order chi connectivity index (χ1) is 26.4. The highest BCUT2D eigenvalue weighted by atomic mass is 32.1. The predicted molar refractivity (Wildman–Crippen MR) is 211 cm³/mol. The van der Waals surface area contributed by atoms with Gasteiger partial charge in [0.1, 0.15) is 10.0 Å². The number of hydrogen-bond donors (Lipinski definition) is 4. The van der Waals surface area contributed by atoms with Gasteiger partial charge in [0.05, 0.1) is 53.3 Å². The molecular formula is C36H40N16S2. The molecule has 16 nitrogen and oxygen atoms in total. The van der Waals surface area contributed by atoms with Crippen molar-refractivity contribution in [2.45, 2.75) is 38.0 Å². The third-order valence-corrected chi connectivity index (χ3v) is 11.3. The standard InChI is InChI=1S/C19H22N8S.C17H18N8S/c1-12-7-17(28-25-12)24-18-19-21-9-16(14-8-22-26(2)10-14)27(19)11-15(23-18)13-3-5-20-6-4-13;1-24-10-12(8-21-24)14-9-20-17-16(19-4-5-25(14)17)22-15-6-13(23-26-15)11-2-3-18-7-11/h7-11,13,20H,3-6H2,1-2H3,(H,23,24);4-6,8-11,18H,2-3,7H2,1H3,(H,19,22). The van der Waals surface area contributed by atoms with E-state index in [1.54, 1.807) is 10.9 Å². The quantitative estimate of drug-likeness (QED) is 0.153. The van der Waals surface area contributed by atoms with Crippen LogP contribution in [0.25, 0.3) is 33.8 Å². The Morgan fingerprint density at radius 2 is 1.33 bits per heavy atom. The number of imidazole rings is 2. The summed E-state index contributed by atoms with van der Waals surface area (Å²) >= 11 is 2.91. The lowest BCUT2D eigenvalue weighted by atomic mass is 9.95. The monoisotopic (exact) mass is 760 g/mol. The summed E-state index contributed by atoms with van der Waals surface area (Å²) in [6.07, 6.45) is 20.6. The molecule has 2 aliphatic heterocycles. The molecule has 0 amide bonds. The van der Waals surface area contributed by atoms with Gasteiger partial charge in [0.15, 0.2) is 22.9 Å². The number of fused-ring (bicyclic) bond motifs is 2. The molecule has 10 heterocycles. The SMILES string of the molecule is Cc1cc(Nc2nc(C3CCNCC3)cn3c(-c4cnn(C)c4)cnc23)sn1.Cn1cc(-c2cnc3c(Nc4cc(C5CCNC5)ns4)nccn23)cn1. The van der Waals surface area contributed by atoms with Crippen molar-refractivity contribution in [3.63, 3.8) is 0 Å². The van der Waals surface area contributed by atoms with Crippen LogP contribution in [0.5, 0.6) is 0 Å². The van der Waals surface area contributed by atoms with E-state index in [-0.39, 0.29) is 0 Å². The molecule has 1 atom stereocenters. The molecule has 0 saturated carbocycles. The van der Waals surface area contributed by atoms with Crippen LogP contribution in [0.2, 0.25) is 0 Å². The van der Waals surface area contributed by atoms with Gasteiger partial charge in [-0.25, -0.2) is 19.9 Å². The number of anilines is 4. The summed E-state index contributed by atoms with van der Waals surface area (Å²) in [4.78, 5) is 18.7. The molecule has 2 fully saturated rings. The Bertz CT molecular complexity index is 2520. The fourth-order valence-corrected chi connectivity index (χ4v) is 8.43. The molecule has 0 aromatic carbocycles. The third-order valence-electron chi connectivity index (χ3n) is 9.82. The van der Waals surface area contributed by atoms with Gasteiger partial charge in [-0.2, -0.15) is 18.9 Å². The molecule has 0 bridgehead atoms. The highest BCUT2D eigenvalue weighted by Crippen LogP contribution is 2.33. The van der Waals surface area contributed by atoms with Crippen molar-refractivity contribution in [2.24, 2.45) is 14.1 Å². The van der Waals surface area contributed by atoms with E-state index in [1.165, 1.54) is 23.1 Å². The third kappa shape index (κ3) is 6.95. The molecule has 276 valence electrons. The summed E-state index contributed by atoms with van der Waals surface area (Å²) in [6.45, 7) is 6.12. The van der Waals surface area contributed by atoms with Gasteiger partial charge in [-0.3, -0.25) is 18.2 Å². The molecule has 0 spiro atoms. The molecule has 8 aromatic rings.